The molecular weight excluding hydrogens is 373 g/mol. The van der Waals surface area contributed by atoms with Gasteiger partial charge < -0.3 is 21.7 Å². The molecule has 6 nitrogen and oxygen atoms in total. The van der Waals surface area contributed by atoms with Crippen molar-refractivity contribution in [3.8, 4) is 0 Å². The van der Waals surface area contributed by atoms with Crippen LogP contribution in [0.15, 0.2) is 48.5 Å². The van der Waals surface area contributed by atoms with Crippen molar-refractivity contribution in [3.63, 3.8) is 0 Å². The zero-order valence-corrected chi connectivity index (χ0v) is 15.4. The molecule has 150 valence electrons. The van der Waals surface area contributed by atoms with Crippen LogP contribution >= 0.6 is 0 Å². The number of hydrogen-bond acceptors (Lipinski definition) is 3. The Balaban J connectivity index is 2.11. The molecule has 0 bridgehead atoms. The van der Waals surface area contributed by atoms with Crippen LogP contribution in [0.3, 0.4) is 0 Å². The number of carbonyl (C=O) groups is 2. The van der Waals surface area contributed by atoms with Gasteiger partial charge in [-0.25, -0.2) is 4.79 Å². The van der Waals surface area contributed by atoms with E-state index in [1.165, 1.54) is 19.9 Å². The third kappa shape index (κ3) is 5.71. The van der Waals surface area contributed by atoms with Gasteiger partial charge in [0.2, 0.25) is 5.91 Å². The van der Waals surface area contributed by atoms with Crippen molar-refractivity contribution < 1.29 is 22.8 Å². The molecule has 0 aliphatic carbocycles. The number of para-hydroxylation sites is 1. The third-order valence-electron chi connectivity index (χ3n) is 3.84. The summed E-state index contributed by atoms with van der Waals surface area (Å²) in [6.07, 6.45) is -4.58. The molecule has 0 unspecified atom stereocenters. The molecule has 0 saturated carbocycles. The Bertz CT molecular complexity index is 852. The van der Waals surface area contributed by atoms with E-state index < -0.39 is 29.2 Å². The van der Waals surface area contributed by atoms with Crippen LogP contribution in [0.5, 0.6) is 0 Å². The smallest absolute Gasteiger partial charge is 0.326 e. The number of nitrogens with one attached hydrogen (secondary N) is 3. The molecule has 0 radical (unpaired) electrons. The van der Waals surface area contributed by atoms with Gasteiger partial charge in [-0.3, -0.25) is 4.79 Å². The van der Waals surface area contributed by atoms with E-state index in [4.69, 9.17) is 5.73 Å². The summed E-state index contributed by atoms with van der Waals surface area (Å²) in [5.74, 6) is -0.682. The SMILES string of the molecule is CC(C)(NC(=O)Nc1ccccc1)C(=O)Nc1cc(CN)cc(C(F)(F)F)c1. The highest BCUT2D eigenvalue weighted by Gasteiger charge is 2.33. The van der Waals surface area contributed by atoms with Crippen LogP contribution in [0.2, 0.25) is 0 Å². The lowest BCUT2D eigenvalue weighted by molar-refractivity contribution is -0.137. The monoisotopic (exact) mass is 394 g/mol. The first kappa shape index (κ1) is 21.2. The topological polar surface area (TPSA) is 96.2 Å². The summed E-state index contributed by atoms with van der Waals surface area (Å²) in [5.41, 5.74) is 3.82. The van der Waals surface area contributed by atoms with Gasteiger partial charge >= 0.3 is 12.2 Å². The van der Waals surface area contributed by atoms with Crippen molar-refractivity contribution in [2.24, 2.45) is 5.73 Å². The summed E-state index contributed by atoms with van der Waals surface area (Å²) >= 11 is 0. The molecule has 0 fully saturated rings. The molecule has 28 heavy (non-hydrogen) atoms. The number of amides is 3. The maximum atomic E-state index is 13.0. The molecular formula is C19H21F3N4O2. The van der Waals surface area contributed by atoms with Crippen LogP contribution in [-0.4, -0.2) is 17.5 Å². The molecule has 0 aromatic heterocycles. The van der Waals surface area contributed by atoms with Gasteiger partial charge in [-0.15, -0.1) is 0 Å². The number of anilines is 2. The van der Waals surface area contributed by atoms with Crippen LogP contribution in [0.4, 0.5) is 29.3 Å². The van der Waals surface area contributed by atoms with Crippen LogP contribution in [0.1, 0.15) is 25.0 Å². The summed E-state index contributed by atoms with van der Waals surface area (Å²) in [5, 5.41) is 7.46. The molecule has 0 aliphatic heterocycles. The number of carbonyl (C=O) groups excluding carboxylic acids is 2. The zero-order valence-electron chi connectivity index (χ0n) is 15.4. The molecule has 9 heteroatoms. The standard InChI is InChI=1S/C19H21F3N4O2/c1-18(2,26-17(28)25-14-6-4-3-5-7-14)16(27)24-15-9-12(11-23)8-13(10-15)19(20,21)22/h3-10H,11,23H2,1-2H3,(H,24,27)(H2,25,26,28). The highest BCUT2D eigenvalue weighted by molar-refractivity contribution is 6.01. The first-order valence-electron chi connectivity index (χ1n) is 8.38. The lowest BCUT2D eigenvalue weighted by atomic mass is 10.0. The Labute approximate surface area is 160 Å². The average molecular weight is 394 g/mol. The molecule has 3 amide bonds. The molecule has 5 N–H and O–H groups in total. The quantitative estimate of drug-likeness (QED) is 0.623. The molecule has 0 spiro atoms. The Morgan fingerprint density at radius 2 is 1.61 bits per heavy atom. The minimum Gasteiger partial charge on any atom is -0.326 e. The van der Waals surface area contributed by atoms with Gasteiger partial charge in [-0.1, -0.05) is 18.2 Å². The van der Waals surface area contributed by atoms with Gasteiger partial charge in [0, 0.05) is 17.9 Å². The fourth-order valence-corrected chi connectivity index (χ4v) is 2.36. The first-order valence-corrected chi connectivity index (χ1v) is 8.38. The van der Waals surface area contributed by atoms with Crippen LogP contribution < -0.4 is 21.7 Å². The largest absolute Gasteiger partial charge is 0.416 e. The predicted octanol–water partition coefficient (Wildman–Crippen LogP) is 3.70. The van der Waals surface area contributed by atoms with Crippen LogP contribution in [0.25, 0.3) is 0 Å². The lowest BCUT2D eigenvalue weighted by Crippen LogP contribution is -2.53. The molecule has 0 atom stereocenters. The number of alkyl halides is 3. The van der Waals surface area contributed by atoms with E-state index in [0.717, 1.165) is 12.1 Å². The molecule has 2 rings (SSSR count). The second kappa shape index (κ2) is 8.30. The van der Waals surface area contributed by atoms with Gasteiger partial charge in [0.25, 0.3) is 0 Å². The Kier molecular flexibility index (Phi) is 6.30. The number of urea groups is 1. The van der Waals surface area contributed by atoms with E-state index in [-0.39, 0.29) is 17.8 Å². The van der Waals surface area contributed by atoms with E-state index in [2.05, 4.69) is 16.0 Å². The van der Waals surface area contributed by atoms with Crippen molar-refractivity contribution in [1.82, 2.24) is 5.32 Å². The predicted molar refractivity (Wildman–Crippen MR) is 101 cm³/mol. The van der Waals surface area contributed by atoms with Gasteiger partial charge in [-0.2, -0.15) is 13.2 Å². The van der Waals surface area contributed by atoms with Crippen molar-refractivity contribution in [1.29, 1.82) is 0 Å². The van der Waals surface area contributed by atoms with E-state index in [1.54, 1.807) is 30.3 Å². The second-order valence-electron chi connectivity index (χ2n) is 6.64. The zero-order chi connectivity index (χ0) is 20.9. The van der Waals surface area contributed by atoms with Gasteiger partial charge in [0.1, 0.15) is 5.54 Å². The summed E-state index contributed by atoms with van der Waals surface area (Å²) < 4.78 is 39.0. The summed E-state index contributed by atoms with van der Waals surface area (Å²) in [6.45, 7) is 2.75. The molecule has 0 aliphatic rings. The van der Waals surface area contributed by atoms with Crippen molar-refractivity contribution >= 4 is 23.3 Å². The van der Waals surface area contributed by atoms with Gasteiger partial charge in [0.15, 0.2) is 0 Å². The third-order valence-corrected chi connectivity index (χ3v) is 3.84. The van der Waals surface area contributed by atoms with Gasteiger partial charge in [0.05, 0.1) is 5.56 Å². The minimum atomic E-state index is -4.58. The second-order valence-corrected chi connectivity index (χ2v) is 6.64. The van der Waals surface area contributed by atoms with E-state index in [1.807, 2.05) is 0 Å². The molecule has 0 heterocycles. The maximum absolute atomic E-state index is 13.0. The number of rotatable bonds is 5. The minimum absolute atomic E-state index is 0.0568. The Morgan fingerprint density at radius 1 is 0.964 bits per heavy atom. The summed E-state index contributed by atoms with van der Waals surface area (Å²) in [6, 6.07) is 11.1. The maximum Gasteiger partial charge on any atom is 0.416 e. The normalized spacial score (nSPS) is 11.6. The number of halogens is 3. The molecule has 2 aromatic rings. The lowest BCUT2D eigenvalue weighted by Gasteiger charge is -2.25. The molecule has 0 saturated heterocycles. The van der Waals surface area contributed by atoms with Crippen LogP contribution in [0, 0.1) is 0 Å². The number of nitrogens with two attached hydrogens (primary N) is 1. The summed E-state index contributed by atoms with van der Waals surface area (Å²) in [4.78, 5) is 24.6. The number of hydrogen-bond donors (Lipinski definition) is 4. The van der Waals surface area contributed by atoms with E-state index in [0.29, 0.717) is 5.69 Å². The Morgan fingerprint density at radius 3 is 2.18 bits per heavy atom. The highest BCUT2D eigenvalue weighted by Crippen LogP contribution is 2.32. The van der Waals surface area contributed by atoms with E-state index >= 15 is 0 Å². The van der Waals surface area contributed by atoms with Crippen molar-refractivity contribution in [3.05, 3.63) is 59.7 Å². The van der Waals surface area contributed by atoms with Gasteiger partial charge in [-0.05, 0) is 49.7 Å². The number of benzene rings is 2. The fraction of sp³-hybridized carbons (Fsp3) is 0.263. The molecule has 2 aromatic carbocycles. The average Bonchev–Trinajstić information content (AvgIpc) is 2.60. The Hall–Kier alpha value is -3.07. The summed E-state index contributed by atoms with van der Waals surface area (Å²) in [7, 11) is 0. The van der Waals surface area contributed by atoms with Crippen LogP contribution in [-0.2, 0) is 17.5 Å². The fourth-order valence-electron chi connectivity index (χ4n) is 2.36. The van der Waals surface area contributed by atoms with Crippen molar-refractivity contribution in [2.75, 3.05) is 10.6 Å². The van der Waals surface area contributed by atoms with E-state index in [9.17, 15) is 22.8 Å². The first-order chi connectivity index (χ1) is 13.0. The van der Waals surface area contributed by atoms with Crippen molar-refractivity contribution in [2.45, 2.75) is 32.1 Å². The highest BCUT2D eigenvalue weighted by atomic mass is 19.4.